The fourth-order valence-electron chi connectivity index (χ4n) is 11.5. The van der Waals surface area contributed by atoms with Crippen molar-refractivity contribution in [2.75, 3.05) is 56.0 Å². The number of unbranched alkanes of at least 4 members (excludes halogenated alkanes) is 7. The highest BCUT2D eigenvalue weighted by Gasteiger charge is 2.47. The summed E-state index contributed by atoms with van der Waals surface area (Å²) in [5, 5.41) is 12.1. The molecule has 88 heavy (non-hydrogen) atoms. The van der Waals surface area contributed by atoms with Crippen molar-refractivity contribution in [3.63, 3.8) is 0 Å². The number of pyridine rings is 2. The SMILES string of the molecule is Cc1ncsc1-c1ccc(CNC(=O)[C@@H]2C[C@@H](OC(=O)OC[C@@H](C)SS(C)(=O)=O)CN2C(=O)[C@@H](NC(=O)CCCCCCCCCCNC(=O)C2=C3CN(c4ncc(F)cc4F)C4=C3C(=c3c(ccn(C)c3=O)=C2CS(C)(=O)=O)NCC4)C(C)(C)C)cc1. The number of halogens is 2. The van der Waals surface area contributed by atoms with Gasteiger partial charge in [0.2, 0.25) is 17.7 Å². The largest absolute Gasteiger partial charge is 0.508 e. The Morgan fingerprint density at radius 3 is 2.28 bits per heavy atom. The maximum absolute atomic E-state index is 15.4. The number of anilines is 1. The van der Waals surface area contributed by atoms with E-state index < -0.39 is 94.4 Å². The highest BCUT2D eigenvalue weighted by Crippen LogP contribution is 2.43. The van der Waals surface area contributed by atoms with Crippen LogP contribution in [0.2, 0.25) is 0 Å². The van der Waals surface area contributed by atoms with E-state index >= 15 is 4.39 Å². The number of hydrogen-bond donors (Lipinski definition) is 4. The first kappa shape index (κ1) is 67.0. The molecular formula is C61H77F2N9O12S4. The average molecular weight is 1290 g/mol. The minimum absolute atomic E-state index is 0.0541. The summed E-state index contributed by atoms with van der Waals surface area (Å²) in [6, 6.07) is 7.91. The van der Waals surface area contributed by atoms with E-state index in [9.17, 15) is 50.0 Å². The molecule has 1 saturated heterocycles. The third-order valence-corrected chi connectivity index (χ3v) is 20.3. The van der Waals surface area contributed by atoms with Gasteiger partial charge in [-0.1, -0.05) is 83.6 Å². The number of fused-ring (bicyclic) bond motifs is 1. The Hall–Kier alpha value is -6.97. The molecule has 3 aliphatic heterocycles. The maximum atomic E-state index is 15.4. The molecule has 0 bridgehead atoms. The summed E-state index contributed by atoms with van der Waals surface area (Å²) in [4.78, 5) is 96.0. The molecule has 3 aromatic heterocycles. The van der Waals surface area contributed by atoms with E-state index in [2.05, 4.69) is 31.2 Å². The van der Waals surface area contributed by atoms with Crippen LogP contribution in [0.3, 0.4) is 0 Å². The topological polar surface area (TPSA) is 274 Å². The normalized spacial score (nSPS) is 17.4. The first-order valence-corrected chi connectivity index (χ1v) is 35.6. The van der Waals surface area contributed by atoms with Gasteiger partial charge in [-0.15, -0.1) is 11.3 Å². The number of aromatic nitrogens is 3. The van der Waals surface area contributed by atoms with Gasteiger partial charge in [-0.2, -0.15) is 0 Å². The number of nitrogens with zero attached hydrogens (tertiary/aromatic N) is 5. The second-order valence-electron chi connectivity index (χ2n) is 23.9. The predicted molar refractivity (Wildman–Crippen MR) is 334 cm³/mol. The number of amides is 4. The van der Waals surface area contributed by atoms with Gasteiger partial charge in [0.05, 0.1) is 57.3 Å². The number of sulfone groups is 1. The van der Waals surface area contributed by atoms with Gasteiger partial charge in [0.25, 0.3) is 11.5 Å². The lowest BCUT2D eigenvalue weighted by Gasteiger charge is -2.35. The van der Waals surface area contributed by atoms with Gasteiger partial charge in [0, 0.05) is 87.6 Å². The second-order valence-corrected chi connectivity index (χ2v) is 31.7. The van der Waals surface area contributed by atoms with Crippen LogP contribution >= 0.6 is 22.1 Å². The fourth-order valence-corrected chi connectivity index (χ4v) is 15.8. The van der Waals surface area contributed by atoms with Gasteiger partial charge >= 0.3 is 6.16 Å². The van der Waals surface area contributed by atoms with E-state index in [0.29, 0.717) is 64.4 Å². The van der Waals surface area contributed by atoms with Crippen LogP contribution in [0, 0.1) is 24.0 Å². The van der Waals surface area contributed by atoms with E-state index in [1.165, 1.54) is 27.0 Å². The summed E-state index contributed by atoms with van der Waals surface area (Å²) in [7, 11) is -5.00. The molecule has 21 nitrogen and oxygen atoms in total. The van der Waals surface area contributed by atoms with Crippen LogP contribution in [0.25, 0.3) is 21.7 Å². The van der Waals surface area contributed by atoms with Crippen LogP contribution in [0.1, 0.15) is 110 Å². The van der Waals surface area contributed by atoms with Gasteiger partial charge < -0.3 is 45.1 Å². The molecule has 4 aromatic rings. The minimum Gasteiger partial charge on any atom is -0.433 e. The summed E-state index contributed by atoms with van der Waals surface area (Å²) >= 11 is 1.53. The lowest BCUT2D eigenvalue weighted by atomic mass is 9.85. The molecule has 6 heterocycles. The van der Waals surface area contributed by atoms with Crippen molar-refractivity contribution in [3.05, 3.63) is 120 Å². The van der Waals surface area contributed by atoms with Crippen LogP contribution in [-0.4, -0.2) is 141 Å². The van der Waals surface area contributed by atoms with E-state index in [0.717, 1.165) is 85.0 Å². The summed E-state index contributed by atoms with van der Waals surface area (Å²) in [6.45, 7) is 9.16. The molecule has 4 atom stereocenters. The maximum Gasteiger partial charge on any atom is 0.508 e. The van der Waals surface area contributed by atoms with Crippen molar-refractivity contribution >= 4 is 87.7 Å². The Balaban J connectivity index is 0.833. The zero-order valence-corrected chi connectivity index (χ0v) is 54.0. The highest BCUT2D eigenvalue weighted by atomic mass is 33.1. The van der Waals surface area contributed by atoms with Crippen LogP contribution in [0.4, 0.5) is 19.4 Å². The number of nitrogens with one attached hydrogen (secondary N) is 4. The number of rotatable bonds is 26. The van der Waals surface area contributed by atoms with E-state index in [-0.39, 0.29) is 73.7 Å². The van der Waals surface area contributed by atoms with E-state index in [4.69, 9.17) is 9.47 Å². The molecule has 8 rings (SSSR count). The van der Waals surface area contributed by atoms with Crippen LogP contribution in [-0.2, 0) is 61.0 Å². The number of likely N-dealkylation sites (tertiary alicyclic amines) is 1. The van der Waals surface area contributed by atoms with Crippen molar-refractivity contribution < 1.29 is 59.1 Å². The van der Waals surface area contributed by atoms with Crippen LogP contribution in [0.15, 0.2) is 81.5 Å². The molecule has 4 aliphatic rings. The summed E-state index contributed by atoms with van der Waals surface area (Å²) in [6.07, 6.45) is 9.05. The van der Waals surface area contributed by atoms with Crippen molar-refractivity contribution in [1.82, 2.24) is 40.7 Å². The van der Waals surface area contributed by atoms with Crippen LogP contribution < -0.4 is 42.2 Å². The van der Waals surface area contributed by atoms with E-state index in [1.54, 1.807) is 51.2 Å². The smallest absolute Gasteiger partial charge is 0.433 e. The molecular weight excluding hydrogens is 1220 g/mol. The standard InChI is InChI=1S/C61H77F2N9O12S4/c1-36(86-88(8,81)82)33-83-60(78)84-41-28-47(56(74)67-29-38-18-20-39(21-19-38)53-37(2)68-35-85-53)72(31-41)59(77)54(61(3,4)5)69-48(73)17-15-13-11-9-10-12-14-16-24-65-57(75)49-43-32-71(55-45(63)27-40(62)30-66-55)46-22-25-64-52(50(43)46)51-42(23-26-70(6)58(51)76)44(49)34-87(7,79)80/h18-21,23,26-27,30,35-36,41,47,54,64H,9-17,22,24-25,28-29,31-34H2,1-8H3,(H,65,75)(H,67,74)(H,69,73)/t36-,41-,47+,54-/m1/s1. The highest BCUT2D eigenvalue weighted by molar-refractivity contribution is 8.72. The third-order valence-electron chi connectivity index (χ3n) is 15.6. The zero-order valence-electron chi connectivity index (χ0n) is 50.8. The van der Waals surface area contributed by atoms with Gasteiger partial charge in [0.1, 0.15) is 30.6 Å². The number of carbonyl (C=O) groups excluding carboxylic acids is 5. The quantitative estimate of drug-likeness (QED) is 0.0341. The van der Waals surface area contributed by atoms with Crippen molar-refractivity contribution in [2.45, 2.75) is 135 Å². The number of benzene rings is 1. The fraction of sp³-hybridized carbons (Fsp3) is 0.508. The summed E-state index contributed by atoms with van der Waals surface area (Å²) in [5.74, 6) is -4.41. The molecule has 476 valence electrons. The Labute approximate surface area is 519 Å². The first-order chi connectivity index (χ1) is 41.6. The number of ether oxygens (including phenoxy) is 2. The molecule has 1 aliphatic carbocycles. The zero-order chi connectivity index (χ0) is 63.8. The molecule has 27 heteroatoms. The van der Waals surface area contributed by atoms with Crippen molar-refractivity contribution in [2.24, 2.45) is 12.5 Å². The van der Waals surface area contributed by atoms with Crippen molar-refractivity contribution in [3.8, 4) is 10.4 Å². The second kappa shape index (κ2) is 28.7. The predicted octanol–water partition coefficient (Wildman–Crippen LogP) is 5.55. The average Bonchev–Trinajstić information content (AvgIpc) is 1.57. The molecule has 4 amide bonds. The van der Waals surface area contributed by atoms with Gasteiger partial charge in [0.15, 0.2) is 30.3 Å². The molecule has 4 N–H and O–H groups in total. The summed E-state index contributed by atoms with van der Waals surface area (Å²) < 4.78 is 91.5. The number of carbonyl (C=O) groups is 5. The molecule has 0 unspecified atom stereocenters. The number of hydrogen-bond acceptors (Lipinski definition) is 18. The minimum atomic E-state index is -3.80. The van der Waals surface area contributed by atoms with Gasteiger partial charge in [-0.05, 0) is 76.5 Å². The molecule has 0 radical (unpaired) electrons. The van der Waals surface area contributed by atoms with E-state index in [1.807, 2.05) is 31.2 Å². The van der Waals surface area contributed by atoms with Gasteiger partial charge in [-0.25, -0.2) is 40.4 Å². The molecule has 1 fully saturated rings. The van der Waals surface area contributed by atoms with Gasteiger partial charge in [-0.3, -0.25) is 24.0 Å². The third kappa shape index (κ3) is 16.8. The Kier molecular flexibility index (Phi) is 21.8. The van der Waals surface area contributed by atoms with Crippen molar-refractivity contribution in [1.29, 1.82) is 0 Å². The monoisotopic (exact) mass is 1290 g/mol. The lowest BCUT2D eigenvalue weighted by molar-refractivity contribution is -0.144. The number of thiazole rings is 1. The lowest BCUT2D eigenvalue weighted by Crippen LogP contribution is -2.57. The molecule has 1 aromatic carbocycles. The van der Waals surface area contributed by atoms with Crippen LogP contribution in [0.5, 0.6) is 0 Å². The Morgan fingerprint density at radius 1 is 0.943 bits per heavy atom. The first-order valence-electron chi connectivity index (χ1n) is 29.4. The Bertz CT molecular complexity index is 3830. The summed E-state index contributed by atoms with van der Waals surface area (Å²) in [5.41, 5.74) is 5.30. The number of aryl methyl sites for hydroxylation is 2. The Morgan fingerprint density at radius 2 is 1.64 bits per heavy atom. The molecule has 0 saturated carbocycles. The molecule has 0 spiro atoms.